The first-order chi connectivity index (χ1) is 14.7. The van der Waals surface area contributed by atoms with Crippen LogP contribution in [0, 0.1) is 12.8 Å². The molecule has 1 saturated carbocycles. The Bertz CT molecular complexity index is 1280. The van der Waals surface area contributed by atoms with Gasteiger partial charge in [0.05, 0.1) is 16.5 Å². The van der Waals surface area contributed by atoms with Crippen LogP contribution >= 0.6 is 11.6 Å². The summed E-state index contributed by atoms with van der Waals surface area (Å²) in [7, 11) is -1.95. The Balaban J connectivity index is 1.75. The monoisotopic (exact) mass is 460 g/mol. The average molecular weight is 461 g/mol. The van der Waals surface area contributed by atoms with Crippen molar-refractivity contribution >= 4 is 27.4 Å². The van der Waals surface area contributed by atoms with Crippen LogP contribution in [0.3, 0.4) is 0 Å². The number of aromatic nitrogens is 3. The zero-order valence-corrected chi connectivity index (χ0v) is 18.6. The lowest BCUT2D eigenvalue weighted by atomic mass is 10.2. The molecule has 1 fully saturated rings. The van der Waals surface area contributed by atoms with Gasteiger partial charge in [0.15, 0.2) is 5.75 Å². The van der Waals surface area contributed by atoms with E-state index < -0.39 is 10.0 Å². The highest BCUT2D eigenvalue weighted by Gasteiger charge is 2.28. The molecule has 1 aliphatic carbocycles. The molecule has 1 aromatic carbocycles. The Kier molecular flexibility index (Phi) is 5.72. The minimum Gasteiger partial charge on any atom is -0.422 e. The van der Waals surface area contributed by atoms with Crippen molar-refractivity contribution in [2.75, 3.05) is 10.5 Å². The number of ether oxygens (including phenoxy) is 1. The second-order valence-corrected chi connectivity index (χ2v) is 9.78. The zero-order chi connectivity index (χ0) is 22.2. The normalized spacial score (nSPS) is 13.8. The molecule has 0 unspecified atom stereocenters. The number of halogens is 1. The van der Waals surface area contributed by atoms with Gasteiger partial charge in [-0.15, -0.1) is 0 Å². The standard InChI is InChI=1S/C21H21ClN4O4S/c1-13-4-3-5-16(22)20(13)30-21-23-17(15-8-9-19(27)26(2)11-15)10-18(24-21)25-31(28,29)12-14-6-7-14/h3-5,8-11,14H,6-7,12H2,1-2H3,(H,23,24,25). The summed E-state index contributed by atoms with van der Waals surface area (Å²) in [4.78, 5) is 20.4. The predicted molar refractivity (Wildman–Crippen MR) is 119 cm³/mol. The van der Waals surface area contributed by atoms with Gasteiger partial charge in [-0.25, -0.2) is 8.42 Å². The summed E-state index contributed by atoms with van der Waals surface area (Å²) in [5.74, 6) is 0.697. The van der Waals surface area contributed by atoms with Crippen molar-refractivity contribution in [3.05, 3.63) is 63.5 Å². The number of hydrogen-bond donors (Lipinski definition) is 1. The Morgan fingerprint density at radius 2 is 2.00 bits per heavy atom. The Labute approximate surface area is 184 Å². The van der Waals surface area contributed by atoms with Crippen LogP contribution in [0.15, 0.2) is 47.4 Å². The molecule has 0 radical (unpaired) electrons. The van der Waals surface area contributed by atoms with E-state index in [4.69, 9.17) is 16.3 Å². The number of hydrogen-bond acceptors (Lipinski definition) is 6. The van der Waals surface area contributed by atoms with Gasteiger partial charge in [-0.3, -0.25) is 9.52 Å². The highest BCUT2D eigenvalue weighted by molar-refractivity contribution is 7.92. The maximum absolute atomic E-state index is 12.5. The third kappa shape index (κ3) is 5.23. The number of para-hydroxylation sites is 1. The Morgan fingerprint density at radius 1 is 1.23 bits per heavy atom. The van der Waals surface area contributed by atoms with Gasteiger partial charge in [0, 0.05) is 30.9 Å². The van der Waals surface area contributed by atoms with Crippen molar-refractivity contribution in [3.63, 3.8) is 0 Å². The first-order valence-electron chi connectivity index (χ1n) is 9.70. The number of sulfonamides is 1. The molecule has 0 atom stereocenters. The summed E-state index contributed by atoms with van der Waals surface area (Å²) in [6.45, 7) is 1.83. The number of aryl methyl sites for hydroxylation is 2. The van der Waals surface area contributed by atoms with Crippen molar-refractivity contribution in [3.8, 4) is 23.0 Å². The number of nitrogens with zero attached hydrogens (tertiary/aromatic N) is 3. The van der Waals surface area contributed by atoms with Crippen LogP contribution in [-0.4, -0.2) is 28.7 Å². The van der Waals surface area contributed by atoms with Crippen LogP contribution in [0.2, 0.25) is 5.02 Å². The summed E-state index contributed by atoms with van der Waals surface area (Å²) in [5.41, 5.74) is 1.60. The Hall–Kier alpha value is -2.91. The number of nitrogens with one attached hydrogen (secondary N) is 1. The second kappa shape index (κ2) is 8.32. The average Bonchev–Trinajstić information content (AvgIpc) is 3.49. The van der Waals surface area contributed by atoms with E-state index in [0.29, 0.717) is 22.0 Å². The van der Waals surface area contributed by atoms with E-state index in [9.17, 15) is 13.2 Å². The molecule has 1 N–H and O–H groups in total. The summed E-state index contributed by atoms with van der Waals surface area (Å²) in [5, 5.41) is 0.381. The summed E-state index contributed by atoms with van der Waals surface area (Å²) < 4.78 is 34.8. The molecule has 8 nitrogen and oxygen atoms in total. The maximum Gasteiger partial charge on any atom is 0.324 e. The molecule has 0 bridgehead atoms. The number of anilines is 1. The molecule has 31 heavy (non-hydrogen) atoms. The predicted octanol–water partition coefficient (Wildman–Crippen LogP) is 3.75. The topological polar surface area (TPSA) is 103 Å². The molecule has 0 spiro atoms. The lowest BCUT2D eigenvalue weighted by Crippen LogP contribution is -2.19. The molecule has 4 rings (SSSR count). The molecule has 0 aliphatic heterocycles. The van der Waals surface area contributed by atoms with Crippen molar-refractivity contribution in [1.29, 1.82) is 0 Å². The van der Waals surface area contributed by atoms with E-state index in [-0.39, 0.29) is 29.1 Å². The van der Waals surface area contributed by atoms with Gasteiger partial charge in [-0.2, -0.15) is 9.97 Å². The SMILES string of the molecule is Cc1cccc(Cl)c1Oc1nc(NS(=O)(=O)CC2CC2)cc(-c2ccc(=O)n(C)c2)n1. The minimum atomic E-state index is -3.57. The fourth-order valence-electron chi connectivity index (χ4n) is 3.05. The largest absolute Gasteiger partial charge is 0.422 e. The third-order valence-corrected chi connectivity index (χ3v) is 6.58. The van der Waals surface area contributed by atoms with Crippen molar-refractivity contribution in [2.24, 2.45) is 13.0 Å². The number of benzene rings is 1. The minimum absolute atomic E-state index is 0.0476. The van der Waals surface area contributed by atoms with Crippen LogP contribution in [0.25, 0.3) is 11.3 Å². The first kappa shape index (κ1) is 21.3. The van der Waals surface area contributed by atoms with Crippen LogP contribution in [0.1, 0.15) is 18.4 Å². The van der Waals surface area contributed by atoms with E-state index in [1.807, 2.05) is 13.0 Å². The van der Waals surface area contributed by atoms with E-state index in [2.05, 4.69) is 14.7 Å². The van der Waals surface area contributed by atoms with Gasteiger partial charge in [-0.05, 0) is 43.4 Å². The molecule has 10 heteroatoms. The van der Waals surface area contributed by atoms with Crippen molar-refractivity contribution in [1.82, 2.24) is 14.5 Å². The van der Waals surface area contributed by atoms with Crippen LogP contribution < -0.4 is 15.0 Å². The van der Waals surface area contributed by atoms with Crippen molar-refractivity contribution in [2.45, 2.75) is 19.8 Å². The molecule has 2 heterocycles. The molecule has 0 amide bonds. The third-order valence-electron chi connectivity index (χ3n) is 4.86. The summed E-state index contributed by atoms with van der Waals surface area (Å²) in [6, 6.07) is 9.77. The second-order valence-electron chi connectivity index (χ2n) is 7.60. The number of pyridine rings is 1. The van der Waals surface area contributed by atoms with E-state index in [1.54, 1.807) is 31.4 Å². The maximum atomic E-state index is 12.5. The van der Waals surface area contributed by atoms with E-state index >= 15 is 0 Å². The van der Waals surface area contributed by atoms with E-state index in [0.717, 1.165) is 18.4 Å². The summed E-state index contributed by atoms with van der Waals surface area (Å²) >= 11 is 6.25. The fourth-order valence-corrected chi connectivity index (χ4v) is 4.77. The molecular formula is C21H21ClN4O4S. The lowest BCUT2D eigenvalue weighted by molar-refractivity contribution is 0.440. The van der Waals surface area contributed by atoms with Crippen LogP contribution in [0.4, 0.5) is 5.82 Å². The van der Waals surface area contributed by atoms with Gasteiger partial charge in [0.1, 0.15) is 5.82 Å². The summed E-state index contributed by atoms with van der Waals surface area (Å²) in [6.07, 6.45) is 3.43. The van der Waals surface area contributed by atoms with Gasteiger partial charge in [0.2, 0.25) is 15.6 Å². The zero-order valence-electron chi connectivity index (χ0n) is 17.0. The molecule has 3 aromatic rings. The van der Waals surface area contributed by atoms with Gasteiger partial charge < -0.3 is 9.30 Å². The first-order valence-corrected chi connectivity index (χ1v) is 11.7. The highest BCUT2D eigenvalue weighted by atomic mass is 35.5. The van der Waals surface area contributed by atoms with Crippen molar-refractivity contribution < 1.29 is 13.2 Å². The number of rotatable bonds is 7. The molecule has 1 aliphatic rings. The lowest BCUT2D eigenvalue weighted by Gasteiger charge is -2.13. The van der Waals surface area contributed by atoms with E-state index in [1.165, 1.54) is 16.7 Å². The Morgan fingerprint density at radius 3 is 2.68 bits per heavy atom. The smallest absolute Gasteiger partial charge is 0.324 e. The van der Waals surface area contributed by atoms with Gasteiger partial charge >= 0.3 is 6.01 Å². The van der Waals surface area contributed by atoms with Gasteiger partial charge in [0.25, 0.3) is 0 Å². The van der Waals surface area contributed by atoms with Crippen LogP contribution in [0.5, 0.6) is 11.8 Å². The molecular weight excluding hydrogens is 440 g/mol. The molecule has 162 valence electrons. The quantitative estimate of drug-likeness (QED) is 0.576. The highest BCUT2D eigenvalue weighted by Crippen LogP contribution is 2.33. The molecule has 2 aromatic heterocycles. The molecule has 0 saturated heterocycles. The van der Waals surface area contributed by atoms with Crippen LogP contribution in [-0.2, 0) is 17.1 Å². The fraction of sp³-hybridized carbons (Fsp3) is 0.286. The van der Waals surface area contributed by atoms with Gasteiger partial charge in [-0.1, -0.05) is 23.7 Å².